The second-order valence-electron chi connectivity index (χ2n) is 8.51. The summed E-state index contributed by atoms with van der Waals surface area (Å²) in [5.74, 6) is 0.515. The lowest BCUT2D eigenvalue weighted by molar-refractivity contribution is -0.113. The molecule has 0 aliphatic heterocycles. The first-order chi connectivity index (χ1) is 18.9. The average Bonchev–Trinajstić information content (AvgIpc) is 3.52. The van der Waals surface area contributed by atoms with Crippen molar-refractivity contribution in [3.8, 4) is 27.7 Å². The van der Waals surface area contributed by atoms with Crippen LogP contribution in [0.3, 0.4) is 0 Å². The van der Waals surface area contributed by atoms with Crippen LogP contribution in [0.15, 0.2) is 84.5 Å². The predicted octanol–water partition coefficient (Wildman–Crippen LogP) is 7.05. The van der Waals surface area contributed by atoms with E-state index in [4.69, 9.17) is 4.98 Å². The van der Waals surface area contributed by atoms with Crippen molar-refractivity contribution in [2.45, 2.75) is 25.2 Å². The second kappa shape index (κ2) is 11.7. The minimum absolute atomic E-state index is 0.0537. The second-order valence-corrected chi connectivity index (χ2v) is 10.5. The Labute approximate surface area is 231 Å². The van der Waals surface area contributed by atoms with E-state index in [-0.39, 0.29) is 17.4 Å². The van der Waals surface area contributed by atoms with Gasteiger partial charge in [-0.15, -0.1) is 28.1 Å². The Morgan fingerprint density at radius 1 is 1.10 bits per heavy atom. The molecule has 39 heavy (non-hydrogen) atoms. The standard InChI is InChI=1S/C28H23F2N5O2S2/c1-3-14-35-25(18-7-11-21(12-8-18)37-27(29)30)33-34-28(35)38-16-24(36)31-20-9-5-19(6-10-20)26-32-22-13-4-17(2)15-23(22)39-26/h3-13,15,27H,1,14,16H2,2H3,(H,31,36). The minimum atomic E-state index is -2.89. The molecule has 5 aromatic rings. The number of aryl methyl sites for hydroxylation is 1. The van der Waals surface area contributed by atoms with Crippen LogP contribution in [0.1, 0.15) is 5.56 Å². The molecule has 0 spiro atoms. The lowest BCUT2D eigenvalue weighted by Crippen LogP contribution is -2.14. The van der Waals surface area contributed by atoms with Crippen molar-refractivity contribution >= 4 is 44.9 Å². The van der Waals surface area contributed by atoms with Crippen LogP contribution in [-0.2, 0) is 11.3 Å². The van der Waals surface area contributed by atoms with Crippen LogP contribution >= 0.6 is 23.1 Å². The molecular formula is C28H23F2N5O2S2. The van der Waals surface area contributed by atoms with Crippen molar-refractivity contribution in [2.75, 3.05) is 11.1 Å². The van der Waals surface area contributed by atoms with E-state index in [0.29, 0.717) is 28.8 Å². The molecular weight excluding hydrogens is 540 g/mol. The number of nitrogens with zero attached hydrogens (tertiary/aromatic N) is 4. The summed E-state index contributed by atoms with van der Waals surface area (Å²) < 4.78 is 32.2. The van der Waals surface area contributed by atoms with Crippen LogP contribution in [0.2, 0.25) is 0 Å². The normalized spacial score (nSPS) is 11.2. The number of amides is 1. The van der Waals surface area contributed by atoms with Crippen LogP contribution in [0.25, 0.3) is 32.2 Å². The highest BCUT2D eigenvalue weighted by molar-refractivity contribution is 7.99. The van der Waals surface area contributed by atoms with Crippen molar-refractivity contribution in [2.24, 2.45) is 0 Å². The fourth-order valence-electron chi connectivity index (χ4n) is 3.87. The third-order valence-electron chi connectivity index (χ3n) is 5.66. The van der Waals surface area contributed by atoms with Gasteiger partial charge in [0.2, 0.25) is 5.91 Å². The number of aromatic nitrogens is 4. The van der Waals surface area contributed by atoms with Crippen LogP contribution in [0, 0.1) is 6.92 Å². The number of carbonyl (C=O) groups excluding carboxylic acids is 1. The van der Waals surface area contributed by atoms with Gasteiger partial charge in [0.05, 0.1) is 16.0 Å². The molecule has 0 bridgehead atoms. The summed E-state index contributed by atoms with van der Waals surface area (Å²) in [6, 6.07) is 19.9. The summed E-state index contributed by atoms with van der Waals surface area (Å²) in [6.45, 7) is 3.36. The molecule has 2 aromatic heterocycles. The SMILES string of the molecule is C=CCn1c(SCC(=O)Nc2ccc(-c3nc4ccc(C)cc4s3)cc2)nnc1-c1ccc(OC(F)F)cc1. The Balaban J connectivity index is 1.22. The zero-order chi connectivity index (χ0) is 27.4. The van der Waals surface area contributed by atoms with E-state index in [1.165, 1.54) is 29.5 Å². The number of fused-ring (bicyclic) bond motifs is 1. The van der Waals surface area contributed by atoms with E-state index >= 15 is 0 Å². The Morgan fingerprint density at radius 3 is 2.56 bits per heavy atom. The molecule has 2 heterocycles. The first-order valence-corrected chi connectivity index (χ1v) is 13.7. The number of anilines is 1. The first kappa shape index (κ1) is 26.5. The van der Waals surface area contributed by atoms with Gasteiger partial charge in [0.1, 0.15) is 10.8 Å². The Bertz CT molecular complexity index is 1620. The van der Waals surface area contributed by atoms with Crippen molar-refractivity contribution in [3.63, 3.8) is 0 Å². The number of nitrogens with one attached hydrogen (secondary N) is 1. The number of allylic oxidation sites excluding steroid dienone is 1. The van der Waals surface area contributed by atoms with Gasteiger partial charge in [-0.1, -0.05) is 23.9 Å². The highest BCUT2D eigenvalue weighted by Crippen LogP contribution is 2.31. The van der Waals surface area contributed by atoms with Crippen LogP contribution in [0.5, 0.6) is 5.75 Å². The Morgan fingerprint density at radius 2 is 1.85 bits per heavy atom. The summed E-state index contributed by atoms with van der Waals surface area (Å²) in [7, 11) is 0. The van der Waals surface area contributed by atoms with E-state index in [1.807, 2.05) is 34.9 Å². The van der Waals surface area contributed by atoms with Gasteiger partial charge >= 0.3 is 6.61 Å². The lowest BCUT2D eigenvalue weighted by Gasteiger charge is -2.09. The maximum atomic E-state index is 12.7. The quantitative estimate of drug-likeness (QED) is 0.145. The maximum absolute atomic E-state index is 12.7. The van der Waals surface area contributed by atoms with Crippen molar-refractivity contribution in [1.29, 1.82) is 0 Å². The molecule has 1 amide bonds. The van der Waals surface area contributed by atoms with Gasteiger partial charge in [-0.05, 0) is 73.2 Å². The van der Waals surface area contributed by atoms with Gasteiger partial charge in [-0.3, -0.25) is 9.36 Å². The average molecular weight is 564 g/mol. The number of alkyl halides is 2. The van der Waals surface area contributed by atoms with Gasteiger partial charge in [0.15, 0.2) is 11.0 Å². The Hall–Kier alpha value is -4.09. The third kappa shape index (κ3) is 6.32. The molecule has 0 unspecified atom stereocenters. The number of ether oxygens (including phenoxy) is 1. The number of thiazole rings is 1. The summed E-state index contributed by atoms with van der Waals surface area (Å²) in [5.41, 5.74) is 4.51. The highest BCUT2D eigenvalue weighted by atomic mass is 32.2. The predicted molar refractivity (Wildman–Crippen MR) is 151 cm³/mol. The topological polar surface area (TPSA) is 81.9 Å². The van der Waals surface area contributed by atoms with Crippen molar-refractivity contribution < 1.29 is 18.3 Å². The van der Waals surface area contributed by atoms with Crippen LogP contribution < -0.4 is 10.1 Å². The molecule has 5 rings (SSSR count). The molecule has 1 N–H and O–H groups in total. The third-order valence-corrected chi connectivity index (χ3v) is 7.69. The van der Waals surface area contributed by atoms with Crippen molar-refractivity contribution in [1.82, 2.24) is 19.7 Å². The molecule has 7 nitrogen and oxygen atoms in total. The monoisotopic (exact) mass is 563 g/mol. The van der Waals surface area contributed by atoms with Gasteiger partial charge in [0.25, 0.3) is 0 Å². The number of halogens is 2. The number of hydrogen-bond acceptors (Lipinski definition) is 7. The molecule has 11 heteroatoms. The van der Waals surface area contributed by atoms with E-state index in [9.17, 15) is 13.6 Å². The Kier molecular flexibility index (Phi) is 7.99. The molecule has 0 saturated carbocycles. The fourth-order valence-corrected chi connectivity index (χ4v) is 5.68. The number of benzene rings is 3. The van der Waals surface area contributed by atoms with E-state index < -0.39 is 6.61 Å². The molecule has 0 aliphatic carbocycles. The van der Waals surface area contributed by atoms with Gasteiger partial charge < -0.3 is 10.1 Å². The highest BCUT2D eigenvalue weighted by Gasteiger charge is 2.16. The minimum Gasteiger partial charge on any atom is -0.435 e. The van der Waals surface area contributed by atoms with E-state index in [0.717, 1.165) is 20.8 Å². The van der Waals surface area contributed by atoms with Crippen LogP contribution in [-0.4, -0.2) is 38.0 Å². The smallest absolute Gasteiger partial charge is 0.387 e. The maximum Gasteiger partial charge on any atom is 0.387 e. The van der Waals surface area contributed by atoms with E-state index in [1.54, 1.807) is 29.5 Å². The fraction of sp³-hybridized carbons (Fsp3) is 0.143. The zero-order valence-electron chi connectivity index (χ0n) is 20.8. The zero-order valence-corrected chi connectivity index (χ0v) is 22.4. The molecule has 0 atom stereocenters. The molecule has 0 aliphatic rings. The van der Waals surface area contributed by atoms with Gasteiger partial charge in [0, 0.05) is 23.4 Å². The molecule has 198 valence electrons. The van der Waals surface area contributed by atoms with Gasteiger partial charge in [-0.2, -0.15) is 8.78 Å². The lowest BCUT2D eigenvalue weighted by atomic mass is 10.2. The van der Waals surface area contributed by atoms with Crippen LogP contribution in [0.4, 0.5) is 14.5 Å². The number of carbonyl (C=O) groups is 1. The van der Waals surface area contributed by atoms with Gasteiger partial charge in [-0.25, -0.2) is 4.98 Å². The molecule has 3 aromatic carbocycles. The largest absolute Gasteiger partial charge is 0.435 e. The first-order valence-electron chi connectivity index (χ1n) is 11.9. The summed E-state index contributed by atoms with van der Waals surface area (Å²) in [5, 5.41) is 12.8. The molecule has 0 saturated heterocycles. The summed E-state index contributed by atoms with van der Waals surface area (Å²) >= 11 is 2.88. The number of thioether (sulfide) groups is 1. The number of rotatable bonds is 10. The summed E-state index contributed by atoms with van der Waals surface area (Å²) in [6.07, 6.45) is 1.69. The van der Waals surface area contributed by atoms with E-state index in [2.05, 4.69) is 45.9 Å². The molecule has 0 fully saturated rings. The van der Waals surface area contributed by atoms with Crippen molar-refractivity contribution in [3.05, 3.63) is 84.9 Å². The molecule has 0 radical (unpaired) electrons. The summed E-state index contributed by atoms with van der Waals surface area (Å²) in [4.78, 5) is 17.4. The number of hydrogen-bond donors (Lipinski definition) is 1.